The minimum atomic E-state index is -0.773. The van der Waals surface area contributed by atoms with Gasteiger partial charge in [-0.15, -0.1) is 0 Å². The Kier molecular flexibility index (Phi) is 5.00. The Labute approximate surface area is 92.6 Å². The fraction of sp³-hybridized carbons (Fsp3) is 0.875. The van der Waals surface area contributed by atoms with Gasteiger partial charge in [0.1, 0.15) is 6.17 Å². The molecule has 3 unspecified atom stereocenters. The zero-order valence-corrected chi connectivity index (χ0v) is 8.96. The van der Waals surface area contributed by atoms with E-state index in [9.17, 15) is 9.90 Å². The summed E-state index contributed by atoms with van der Waals surface area (Å²) in [4.78, 5) is 13.5. The molecule has 1 rings (SSSR count). The van der Waals surface area contributed by atoms with Crippen molar-refractivity contribution in [2.75, 3.05) is 13.3 Å². The van der Waals surface area contributed by atoms with Crippen LogP contribution in [0.5, 0.6) is 0 Å². The van der Waals surface area contributed by atoms with Gasteiger partial charge in [-0.1, -0.05) is 5.11 Å². The molecule has 1 amide bonds. The highest BCUT2D eigenvalue weighted by Gasteiger charge is 2.26. The second-order valence-electron chi connectivity index (χ2n) is 3.53. The largest absolute Gasteiger partial charge is 0.389 e. The SMILES string of the molecule is CC(=O)NC1NCOC(CN=[N+]=[N-])CC1O. The number of hydrogen-bond donors (Lipinski definition) is 3. The van der Waals surface area contributed by atoms with Gasteiger partial charge in [-0.25, -0.2) is 0 Å². The number of carbonyl (C=O) groups is 1. The molecule has 16 heavy (non-hydrogen) atoms. The van der Waals surface area contributed by atoms with E-state index in [-0.39, 0.29) is 25.3 Å². The van der Waals surface area contributed by atoms with Crippen LogP contribution in [-0.4, -0.2) is 42.7 Å². The Morgan fingerprint density at radius 1 is 1.81 bits per heavy atom. The Hall–Kier alpha value is -1.34. The maximum Gasteiger partial charge on any atom is 0.218 e. The number of carbonyl (C=O) groups excluding carboxylic acids is 1. The number of ether oxygens (including phenoxy) is 1. The van der Waals surface area contributed by atoms with Crippen LogP contribution in [0.2, 0.25) is 0 Å². The summed E-state index contributed by atoms with van der Waals surface area (Å²) >= 11 is 0. The second-order valence-corrected chi connectivity index (χ2v) is 3.53. The summed E-state index contributed by atoms with van der Waals surface area (Å²) < 4.78 is 5.30. The quantitative estimate of drug-likeness (QED) is 0.342. The van der Waals surface area contributed by atoms with Crippen LogP contribution in [0.15, 0.2) is 5.11 Å². The van der Waals surface area contributed by atoms with Crippen LogP contribution >= 0.6 is 0 Å². The molecule has 1 heterocycles. The Morgan fingerprint density at radius 2 is 2.56 bits per heavy atom. The zero-order valence-electron chi connectivity index (χ0n) is 8.96. The highest BCUT2D eigenvalue weighted by molar-refractivity contribution is 5.73. The minimum Gasteiger partial charge on any atom is -0.389 e. The van der Waals surface area contributed by atoms with Crippen molar-refractivity contribution in [3.63, 3.8) is 0 Å². The normalized spacial score (nSPS) is 30.0. The van der Waals surface area contributed by atoms with E-state index in [0.29, 0.717) is 6.42 Å². The van der Waals surface area contributed by atoms with Crippen LogP contribution in [0.1, 0.15) is 13.3 Å². The van der Waals surface area contributed by atoms with Crippen molar-refractivity contribution >= 4 is 5.91 Å². The van der Waals surface area contributed by atoms with Crippen molar-refractivity contribution in [1.29, 1.82) is 0 Å². The molecule has 90 valence electrons. The van der Waals surface area contributed by atoms with Crippen LogP contribution < -0.4 is 10.6 Å². The van der Waals surface area contributed by atoms with Gasteiger partial charge in [-0.3, -0.25) is 10.1 Å². The number of amides is 1. The molecule has 0 radical (unpaired) electrons. The highest BCUT2D eigenvalue weighted by Crippen LogP contribution is 2.10. The lowest BCUT2D eigenvalue weighted by Gasteiger charge is -2.21. The average Bonchev–Trinajstić information content (AvgIpc) is 2.38. The predicted molar refractivity (Wildman–Crippen MR) is 55.1 cm³/mol. The molecule has 0 saturated carbocycles. The molecule has 0 aromatic rings. The molecule has 1 aliphatic rings. The number of azide groups is 1. The summed E-state index contributed by atoms with van der Waals surface area (Å²) in [6, 6.07) is 0. The lowest BCUT2D eigenvalue weighted by molar-refractivity contribution is -0.120. The zero-order chi connectivity index (χ0) is 12.0. The predicted octanol–water partition coefficient (Wildman–Crippen LogP) is -0.544. The molecule has 3 N–H and O–H groups in total. The maximum absolute atomic E-state index is 10.9. The monoisotopic (exact) mass is 229 g/mol. The number of rotatable bonds is 3. The summed E-state index contributed by atoms with van der Waals surface area (Å²) in [5.74, 6) is -0.231. The smallest absolute Gasteiger partial charge is 0.218 e. The van der Waals surface area contributed by atoms with Gasteiger partial charge < -0.3 is 15.2 Å². The lowest BCUT2D eigenvalue weighted by Crippen LogP contribution is -2.51. The van der Waals surface area contributed by atoms with Crippen molar-refractivity contribution in [2.24, 2.45) is 5.11 Å². The van der Waals surface area contributed by atoms with E-state index >= 15 is 0 Å². The van der Waals surface area contributed by atoms with Gasteiger partial charge >= 0.3 is 0 Å². The summed E-state index contributed by atoms with van der Waals surface area (Å²) in [5.41, 5.74) is 8.17. The third-order valence-electron chi connectivity index (χ3n) is 2.22. The first kappa shape index (κ1) is 12.7. The van der Waals surface area contributed by atoms with Gasteiger partial charge in [0.15, 0.2) is 0 Å². The van der Waals surface area contributed by atoms with Gasteiger partial charge in [0, 0.05) is 18.3 Å². The highest BCUT2D eigenvalue weighted by atomic mass is 16.5. The molecule has 0 bridgehead atoms. The second kappa shape index (κ2) is 6.29. The molecular weight excluding hydrogens is 214 g/mol. The standard InChI is InChI=1S/C8H15N5O3/c1-5(14)12-8-7(15)2-6(3-11-13-9)16-4-10-8/h6-8,10,15H,2-4H2,1H3,(H,12,14). The van der Waals surface area contributed by atoms with Crippen LogP contribution in [0, 0.1) is 0 Å². The average molecular weight is 229 g/mol. The molecule has 8 nitrogen and oxygen atoms in total. The molecular formula is C8H15N5O3. The van der Waals surface area contributed by atoms with Gasteiger partial charge in [0.05, 0.1) is 25.5 Å². The van der Waals surface area contributed by atoms with Gasteiger partial charge in [0.25, 0.3) is 0 Å². The van der Waals surface area contributed by atoms with Crippen molar-refractivity contribution < 1.29 is 14.6 Å². The van der Waals surface area contributed by atoms with E-state index in [0.717, 1.165) is 0 Å². The van der Waals surface area contributed by atoms with E-state index in [1.807, 2.05) is 0 Å². The molecule has 0 aromatic carbocycles. The summed E-state index contributed by atoms with van der Waals surface area (Å²) in [6.07, 6.45) is -1.34. The Balaban J connectivity index is 2.50. The maximum atomic E-state index is 10.9. The van der Waals surface area contributed by atoms with E-state index in [1.165, 1.54) is 6.92 Å². The summed E-state index contributed by atoms with van der Waals surface area (Å²) in [6.45, 7) is 1.73. The summed E-state index contributed by atoms with van der Waals surface area (Å²) in [7, 11) is 0. The van der Waals surface area contributed by atoms with Crippen LogP contribution in [-0.2, 0) is 9.53 Å². The molecule has 8 heteroatoms. The van der Waals surface area contributed by atoms with Crippen molar-refractivity contribution in [2.45, 2.75) is 31.7 Å². The number of aliphatic hydroxyl groups excluding tert-OH is 1. The number of nitrogens with zero attached hydrogens (tertiary/aromatic N) is 3. The van der Waals surface area contributed by atoms with Crippen molar-refractivity contribution in [1.82, 2.24) is 10.6 Å². The molecule has 1 aliphatic heterocycles. The first-order chi connectivity index (χ1) is 7.63. The first-order valence-electron chi connectivity index (χ1n) is 4.94. The molecule has 0 spiro atoms. The topological polar surface area (TPSA) is 119 Å². The first-order valence-corrected chi connectivity index (χ1v) is 4.94. The van der Waals surface area contributed by atoms with Crippen LogP contribution in [0.3, 0.4) is 0 Å². The fourth-order valence-corrected chi connectivity index (χ4v) is 1.49. The third kappa shape index (κ3) is 4.03. The molecule has 3 atom stereocenters. The number of nitrogens with one attached hydrogen (secondary N) is 2. The van der Waals surface area contributed by atoms with E-state index < -0.39 is 12.3 Å². The number of aliphatic hydroxyl groups is 1. The minimum absolute atomic E-state index is 0.169. The molecule has 0 aromatic heterocycles. The van der Waals surface area contributed by atoms with Crippen LogP contribution in [0.25, 0.3) is 10.4 Å². The van der Waals surface area contributed by atoms with Crippen molar-refractivity contribution in [3.8, 4) is 0 Å². The fourth-order valence-electron chi connectivity index (χ4n) is 1.49. The summed E-state index contributed by atoms with van der Waals surface area (Å²) in [5, 5.41) is 18.6. The van der Waals surface area contributed by atoms with Gasteiger partial charge in [0.2, 0.25) is 5.91 Å². The Bertz CT molecular complexity index is 291. The lowest BCUT2D eigenvalue weighted by atomic mass is 10.1. The Morgan fingerprint density at radius 3 is 3.19 bits per heavy atom. The molecule has 1 saturated heterocycles. The van der Waals surface area contributed by atoms with Crippen LogP contribution in [0.4, 0.5) is 0 Å². The molecule has 0 aliphatic carbocycles. The third-order valence-corrected chi connectivity index (χ3v) is 2.22. The van der Waals surface area contributed by atoms with Crippen molar-refractivity contribution in [3.05, 3.63) is 10.4 Å². The molecule has 1 fully saturated rings. The van der Waals surface area contributed by atoms with Gasteiger partial charge in [-0.05, 0) is 5.53 Å². The van der Waals surface area contributed by atoms with E-state index in [2.05, 4.69) is 20.7 Å². The number of hydrogen-bond acceptors (Lipinski definition) is 5. The van der Waals surface area contributed by atoms with E-state index in [1.54, 1.807) is 0 Å². The van der Waals surface area contributed by atoms with E-state index in [4.69, 9.17) is 10.3 Å². The van der Waals surface area contributed by atoms with Gasteiger partial charge in [-0.2, -0.15) is 0 Å².